The van der Waals surface area contributed by atoms with Crippen molar-refractivity contribution in [1.29, 1.82) is 0 Å². The van der Waals surface area contributed by atoms with E-state index in [1.807, 2.05) is 64.1 Å². The third-order valence-electron chi connectivity index (χ3n) is 5.89. The van der Waals surface area contributed by atoms with Crippen molar-refractivity contribution in [2.45, 2.75) is 64.2 Å². The topological polar surface area (TPSA) is 61.2 Å². The van der Waals surface area contributed by atoms with E-state index in [0.717, 1.165) is 36.0 Å². The predicted octanol–water partition coefficient (Wildman–Crippen LogP) is 5.45. The van der Waals surface area contributed by atoms with Gasteiger partial charge in [-0.15, -0.1) is 10.3 Å². The number of rotatable bonds is 5. The molecule has 1 aliphatic heterocycles. The molecule has 1 fully saturated rings. The van der Waals surface area contributed by atoms with Gasteiger partial charge in [-0.05, 0) is 69.9 Å². The maximum absolute atomic E-state index is 12.5. The highest BCUT2D eigenvalue weighted by atomic mass is 16.5. The third-order valence-corrected chi connectivity index (χ3v) is 5.89. The van der Waals surface area contributed by atoms with Crippen LogP contribution < -0.4 is 5.32 Å². The third kappa shape index (κ3) is 4.48. The molecule has 0 aliphatic carbocycles. The molecule has 4 rings (SSSR count). The molecule has 1 saturated heterocycles. The summed E-state index contributed by atoms with van der Waals surface area (Å²) in [5.74, 6) is 0.608. The number of oxazole rings is 1. The molecule has 157 valence electrons. The van der Waals surface area contributed by atoms with Gasteiger partial charge in [-0.25, -0.2) is 4.98 Å². The van der Waals surface area contributed by atoms with Crippen LogP contribution in [-0.4, -0.2) is 27.2 Å². The van der Waals surface area contributed by atoms with E-state index in [0.29, 0.717) is 11.9 Å². The van der Waals surface area contributed by atoms with E-state index >= 15 is 0 Å². The number of fused-ring (bicyclic) bond motifs is 1. The average Bonchev–Trinajstić information content (AvgIpc) is 3.12. The molecular weight excluding hydrogens is 374 g/mol. The minimum absolute atomic E-state index is 0.332. The van der Waals surface area contributed by atoms with Gasteiger partial charge in [0.2, 0.25) is 5.89 Å². The molecule has 5 nitrogen and oxygen atoms in total. The number of aromatic nitrogens is 1. The van der Waals surface area contributed by atoms with Gasteiger partial charge in [0.15, 0.2) is 5.58 Å². The first kappa shape index (κ1) is 20.8. The van der Waals surface area contributed by atoms with Gasteiger partial charge in [-0.2, -0.15) is 0 Å². The van der Waals surface area contributed by atoms with Crippen LogP contribution in [0.25, 0.3) is 23.3 Å². The molecule has 2 heterocycles. The van der Waals surface area contributed by atoms with Crippen LogP contribution in [0.1, 0.15) is 57.6 Å². The molecular formula is C25H30N3O2. The van der Waals surface area contributed by atoms with E-state index in [-0.39, 0.29) is 11.1 Å². The number of benzene rings is 2. The first-order chi connectivity index (χ1) is 14.2. The van der Waals surface area contributed by atoms with Gasteiger partial charge in [-0.1, -0.05) is 36.4 Å². The van der Waals surface area contributed by atoms with Crippen LogP contribution in [0.3, 0.4) is 0 Å². The number of hydrogen-bond donors (Lipinski definition) is 1. The zero-order valence-corrected chi connectivity index (χ0v) is 18.2. The lowest BCUT2D eigenvalue weighted by molar-refractivity contribution is -0.290. The predicted molar refractivity (Wildman–Crippen MR) is 120 cm³/mol. The fourth-order valence-electron chi connectivity index (χ4n) is 4.55. The number of hydroxylamine groups is 2. The summed E-state index contributed by atoms with van der Waals surface area (Å²) in [6.07, 6.45) is 5.61. The van der Waals surface area contributed by atoms with Crippen molar-refractivity contribution in [3.8, 4) is 0 Å². The Balaban J connectivity index is 1.36. The van der Waals surface area contributed by atoms with Crippen molar-refractivity contribution in [3.05, 3.63) is 65.5 Å². The molecule has 1 radical (unpaired) electrons. The summed E-state index contributed by atoms with van der Waals surface area (Å²) in [7, 11) is 0. The number of piperidine rings is 1. The second-order valence-electron chi connectivity index (χ2n) is 9.50. The standard InChI is InChI=1S/C25H30N3O2/c1-24(2)15-20(16-25(3,4)28(24)29)26-17-19-11-9-18(10-12-19)13-14-23-27-21-7-5-6-8-22(21)30-23/h5-14,20,26H,15-17H2,1-4H3/b14-13+. The van der Waals surface area contributed by atoms with Crippen LogP contribution in [-0.2, 0) is 11.8 Å². The summed E-state index contributed by atoms with van der Waals surface area (Å²) in [5.41, 5.74) is 3.30. The molecule has 1 aliphatic rings. The second-order valence-corrected chi connectivity index (χ2v) is 9.50. The van der Waals surface area contributed by atoms with Crippen molar-refractivity contribution < 1.29 is 9.62 Å². The molecule has 0 amide bonds. The van der Waals surface area contributed by atoms with Crippen LogP contribution in [0.4, 0.5) is 0 Å². The van der Waals surface area contributed by atoms with Crippen LogP contribution in [0.15, 0.2) is 52.9 Å². The molecule has 0 unspecified atom stereocenters. The molecule has 5 heteroatoms. The molecule has 3 aromatic rings. The largest absolute Gasteiger partial charge is 0.437 e. The lowest BCUT2D eigenvalue weighted by atomic mass is 9.79. The summed E-state index contributed by atoms with van der Waals surface area (Å²) in [6, 6.07) is 16.6. The van der Waals surface area contributed by atoms with Gasteiger partial charge in [0.1, 0.15) is 5.52 Å². The molecule has 0 atom stereocenters. The molecule has 1 N–H and O–H groups in total. The summed E-state index contributed by atoms with van der Waals surface area (Å²) >= 11 is 0. The van der Waals surface area contributed by atoms with Crippen LogP contribution in [0, 0.1) is 0 Å². The Morgan fingerprint density at radius 3 is 2.37 bits per heavy atom. The maximum Gasteiger partial charge on any atom is 0.220 e. The molecule has 0 bridgehead atoms. The first-order valence-electron chi connectivity index (χ1n) is 10.6. The monoisotopic (exact) mass is 404 g/mol. The summed E-state index contributed by atoms with van der Waals surface area (Å²) < 4.78 is 5.73. The molecule has 0 saturated carbocycles. The second kappa shape index (κ2) is 7.99. The number of para-hydroxylation sites is 2. The Morgan fingerprint density at radius 1 is 1.03 bits per heavy atom. The number of nitrogens with one attached hydrogen (secondary N) is 1. The molecule has 0 spiro atoms. The van der Waals surface area contributed by atoms with Crippen molar-refractivity contribution in [1.82, 2.24) is 15.4 Å². The molecule has 30 heavy (non-hydrogen) atoms. The van der Waals surface area contributed by atoms with Gasteiger partial charge < -0.3 is 9.73 Å². The Kier molecular flexibility index (Phi) is 5.53. The van der Waals surface area contributed by atoms with Gasteiger partial charge in [-0.3, -0.25) is 0 Å². The molecule has 1 aromatic heterocycles. The normalized spacial score (nSPS) is 19.6. The average molecular weight is 405 g/mol. The zero-order valence-electron chi connectivity index (χ0n) is 18.2. The summed E-state index contributed by atoms with van der Waals surface area (Å²) in [5, 5.41) is 17.4. The van der Waals surface area contributed by atoms with E-state index in [1.54, 1.807) is 0 Å². The zero-order chi connectivity index (χ0) is 21.4. The van der Waals surface area contributed by atoms with Gasteiger partial charge in [0.05, 0.1) is 0 Å². The molecule has 2 aromatic carbocycles. The van der Waals surface area contributed by atoms with Crippen molar-refractivity contribution in [2.24, 2.45) is 0 Å². The highest BCUT2D eigenvalue weighted by Gasteiger charge is 2.45. The Bertz CT molecular complexity index is 983. The van der Waals surface area contributed by atoms with Crippen LogP contribution in [0.2, 0.25) is 0 Å². The Morgan fingerprint density at radius 2 is 1.70 bits per heavy atom. The summed E-state index contributed by atoms with van der Waals surface area (Å²) in [4.78, 5) is 4.47. The van der Waals surface area contributed by atoms with Crippen molar-refractivity contribution >= 4 is 23.3 Å². The highest BCUT2D eigenvalue weighted by molar-refractivity contribution is 5.75. The highest BCUT2D eigenvalue weighted by Crippen LogP contribution is 2.37. The van der Waals surface area contributed by atoms with E-state index in [2.05, 4.69) is 34.6 Å². The fourth-order valence-corrected chi connectivity index (χ4v) is 4.55. The minimum atomic E-state index is -0.348. The van der Waals surface area contributed by atoms with Crippen molar-refractivity contribution in [3.63, 3.8) is 0 Å². The Labute approximate surface area is 178 Å². The van der Waals surface area contributed by atoms with E-state index < -0.39 is 0 Å². The van der Waals surface area contributed by atoms with Crippen molar-refractivity contribution in [2.75, 3.05) is 0 Å². The smallest absolute Gasteiger partial charge is 0.220 e. The minimum Gasteiger partial charge on any atom is -0.437 e. The number of nitrogens with zero attached hydrogens (tertiary/aromatic N) is 2. The first-order valence-corrected chi connectivity index (χ1v) is 10.6. The van der Waals surface area contributed by atoms with Gasteiger partial charge in [0, 0.05) is 29.7 Å². The van der Waals surface area contributed by atoms with Crippen LogP contribution >= 0.6 is 0 Å². The van der Waals surface area contributed by atoms with Crippen LogP contribution in [0.5, 0.6) is 0 Å². The summed E-state index contributed by atoms with van der Waals surface area (Å²) in [6.45, 7) is 8.94. The fraction of sp³-hybridized carbons (Fsp3) is 0.400. The van der Waals surface area contributed by atoms with E-state index in [9.17, 15) is 5.21 Å². The van der Waals surface area contributed by atoms with E-state index in [4.69, 9.17) is 4.42 Å². The quantitative estimate of drug-likeness (QED) is 0.614. The number of hydrogen-bond acceptors (Lipinski definition) is 4. The Hall–Kier alpha value is -2.47. The van der Waals surface area contributed by atoms with Gasteiger partial charge >= 0.3 is 0 Å². The maximum atomic E-state index is 12.5. The SMILES string of the molecule is CC1(C)CC(NCc2ccc(/C=C/c3nc4ccccc4o3)cc2)CC(C)(C)N1[O]. The van der Waals surface area contributed by atoms with E-state index in [1.165, 1.54) is 10.6 Å². The van der Waals surface area contributed by atoms with Gasteiger partial charge in [0.25, 0.3) is 0 Å². The lowest BCUT2D eigenvalue weighted by Gasteiger charge is -2.50. The lowest BCUT2D eigenvalue weighted by Crippen LogP contribution is -2.61.